The molecule has 0 fully saturated rings. The molecule has 0 bridgehead atoms. The molecule has 31 heavy (non-hydrogen) atoms. The minimum Gasteiger partial charge on any atom is -0.480 e. The number of carbonyl (C=O) groups is 5. The van der Waals surface area contributed by atoms with Crippen molar-refractivity contribution < 1.29 is 29.1 Å². The van der Waals surface area contributed by atoms with E-state index in [9.17, 15) is 29.1 Å². The number of aromatic nitrogens is 2. The molecule has 13 nitrogen and oxygen atoms in total. The summed E-state index contributed by atoms with van der Waals surface area (Å²) >= 11 is 3.91. The number of aliphatic carboxylic acids is 1. The van der Waals surface area contributed by atoms with Crippen LogP contribution in [-0.4, -0.2) is 74.6 Å². The number of nitrogens with two attached hydrogens (primary N) is 2. The first kappa shape index (κ1) is 25.9. The standard InChI is InChI=1S/C17H27N7O6S/c1-8(14(26)24-12(17(29)30)4-9-5-20-7-21-9)22-16(28)11(2-3-13(19)25)23-15(27)10(18)6-31/h5,7-8,10-12,31H,2-4,6,18H2,1H3,(H2,19,25)(H,20,21)(H,22,28)(H,23,27)(H,24,26)(H,29,30). The molecule has 0 aliphatic heterocycles. The highest BCUT2D eigenvalue weighted by Gasteiger charge is 2.28. The number of carboxylic acids is 1. The molecule has 14 heteroatoms. The number of hydrogen-bond donors (Lipinski definition) is 8. The van der Waals surface area contributed by atoms with Gasteiger partial charge in [0.2, 0.25) is 23.6 Å². The van der Waals surface area contributed by atoms with E-state index in [1.54, 1.807) is 0 Å². The first-order valence-corrected chi connectivity index (χ1v) is 9.94. The normalized spacial score (nSPS) is 14.5. The van der Waals surface area contributed by atoms with E-state index in [0.29, 0.717) is 5.69 Å². The van der Waals surface area contributed by atoms with E-state index >= 15 is 0 Å². The molecule has 0 radical (unpaired) electrons. The highest BCUT2D eigenvalue weighted by Crippen LogP contribution is 2.02. The van der Waals surface area contributed by atoms with E-state index in [-0.39, 0.29) is 25.0 Å². The van der Waals surface area contributed by atoms with Crippen molar-refractivity contribution in [3.63, 3.8) is 0 Å². The molecule has 1 aromatic heterocycles. The number of aromatic amines is 1. The molecule has 0 aliphatic rings. The van der Waals surface area contributed by atoms with E-state index in [0.717, 1.165) is 0 Å². The maximum Gasteiger partial charge on any atom is 0.326 e. The summed E-state index contributed by atoms with van der Waals surface area (Å²) in [5.41, 5.74) is 11.2. The number of H-pyrrole nitrogens is 1. The Morgan fingerprint density at radius 1 is 1.13 bits per heavy atom. The number of amides is 4. The fourth-order valence-electron chi connectivity index (χ4n) is 2.41. The Hall–Kier alpha value is -3.13. The third kappa shape index (κ3) is 9.04. The zero-order valence-corrected chi connectivity index (χ0v) is 17.7. The molecule has 1 rings (SSSR count). The zero-order chi connectivity index (χ0) is 23.6. The molecule has 0 aliphatic carbocycles. The molecule has 1 heterocycles. The maximum absolute atomic E-state index is 12.5. The lowest BCUT2D eigenvalue weighted by molar-refractivity contribution is -0.142. The second-order valence-corrected chi connectivity index (χ2v) is 7.13. The number of rotatable bonds is 13. The van der Waals surface area contributed by atoms with E-state index in [2.05, 4.69) is 38.5 Å². The van der Waals surface area contributed by atoms with Crippen LogP contribution >= 0.6 is 12.6 Å². The quantitative estimate of drug-likeness (QED) is 0.142. The molecule has 0 spiro atoms. The fourth-order valence-corrected chi connectivity index (χ4v) is 2.58. The minimum atomic E-state index is -1.27. The average molecular weight is 458 g/mol. The molecule has 0 saturated heterocycles. The fraction of sp³-hybridized carbons (Fsp3) is 0.529. The zero-order valence-electron chi connectivity index (χ0n) is 16.8. The second-order valence-electron chi connectivity index (χ2n) is 6.77. The summed E-state index contributed by atoms with van der Waals surface area (Å²) in [6.07, 6.45) is 2.45. The van der Waals surface area contributed by atoms with Gasteiger partial charge in [0, 0.05) is 30.5 Å². The average Bonchev–Trinajstić information content (AvgIpc) is 3.22. The van der Waals surface area contributed by atoms with Gasteiger partial charge in [-0.15, -0.1) is 0 Å². The summed E-state index contributed by atoms with van der Waals surface area (Å²) in [7, 11) is 0. The minimum absolute atomic E-state index is 0.0295. The summed E-state index contributed by atoms with van der Waals surface area (Å²) in [5, 5.41) is 16.4. The molecule has 9 N–H and O–H groups in total. The lowest BCUT2D eigenvalue weighted by Crippen LogP contribution is -2.56. The highest BCUT2D eigenvalue weighted by atomic mass is 32.1. The van der Waals surface area contributed by atoms with Crippen LogP contribution in [0.15, 0.2) is 12.5 Å². The number of imidazole rings is 1. The summed E-state index contributed by atoms with van der Waals surface area (Å²) in [6.45, 7) is 1.34. The van der Waals surface area contributed by atoms with Crippen molar-refractivity contribution in [2.24, 2.45) is 11.5 Å². The molecule has 172 valence electrons. The number of carbonyl (C=O) groups excluding carboxylic acids is 4. The first-order valence-electron chi connectivity index (χ1n) is 9.31. The van der Waals surface area contributed by atoms with Crippen LogP contribution in [0.5, 0.6) is 0 Å². The summed E-state index contributed by atoms with van der Waals surface area (Å²) in [4.78, 5) is 65.9. The maximum atomic E-state index is 12.5. The van der Waals surface area contributed by atoms with Crippen LogP contribution in [0.2, 0.25) is 0 Å². The van der Waals surface area contributed by atoms with E-state index in [4.69, 9.17) is 11.5 Å². The second kappa shape index (κ2) is 12.5. The number of primary amides is 1. The van der Waals surface area contributed by atoms with Crippen LogP contribution in [0, 0.1) is 0 Å². The number of nitrogens with zero attached hydrogens (tertiary/aromatic N) is 1. The Morgan fingerprint density at radius 3 is 2.29 bits per heavy atom. The largest absolute Gasteiger partial charge is 0.480 e. The van der Waals surface area contributed by atoms with Crippen LogP contribution in [0.25, 0.3) is 0 Å². The molecule has 4 unspecified atom stereocenters. The van der Waals surface area contributed by atoms with Gasteiger partial charge in [-0.2, -0.15) is 12.6 Å². The van der Waals surface area contributed by atoms with E-state index in [1.807, 2.05) is 0 Å². The van der Waals surface area contributed by atoms with Crippen LogP contribution in [-0.2, 0) is 30.4 Å². The van der Waals surface area contributed by atoms with Gasteiger partial charge in [0.25, 0.3) is 0 Å². The van der Waals surface area contributed by atoms with Crippen molar-refractivity contribution in [2.75, 3.05) is 5.75 Å². The lowest BCUT2D eigenvalue weighted by atomic mass is 10.1. The molecular formula is C17H27N7O6S. The summed E-state index contributed by atoms with van der Waals surface area (Å²) in [5.74, 6) is -4.10. The van der Waals surface area contributed by atoms with Crippen LogP contribution < -0.4 is 27.4 Å². The van der Waals surface area contributed by atoms with Gasteiger partial charge in [0.15, 0.2) is 0 Å². The number of hydrogen-bond acceptors (Lipinski definition) is 8. The summed E-state index contributed by atoms with van der Waals surface area (Å²) < 4.78 is 0. The first-order chi connectivity index (χ1) is 14.5. The molecular weight excluding hydrogens is 430 g/mol. The Bertz CT molecular complexity index is 788. The van der Waals surface area contributed by atoms with Gasteiger partial charge < -0.3 is 37.5 Å². The van der Waals surface area contributed by atoms with Gasteiger partial charge in [-0.1, -0.05) is 0 Å². The predicted molar refractivity (Wildman–Crippen MR) is 112 cm³/mol. The molecule has 4 atom stereocenters. The van der Waals surface area contributed by atoms with Crippen LogP contribution in [0.3, 0.4) is 0 Å². The Morgan fingerprint density at radius 2 is 1.77 bits per heavy atom. The molecule has 4 amide bonds. The summed E-state index contributed by atoms with van der Waals surface area (Å²) in [6, 6.07) is -4.55. The van der Waals surface area contributed by atoms with Gasteiger partial charge in [-0.25, -0.2) is 9.78 Å². The monoisotopic (exact) mass is 457 g/mol. The number of nitrogens with one attached hydrogen (secondary N) is 4. The Kier molecular flexibility index (Phi) is 10.5. The van der Waals surface area contributed by atoms with Gasteiger partial charge >= 0.3 is 5.97 Å². The van der Waals surface area contributed by atoms with Crippen LogP contribution in [0.4, 0.5) is 0 Å². The Labute approximate surface area is 183 Å². The van der Waals surface area contributed by atoms with Crippen molar-refractivity contribution in [2.45, 2.75) is 50.4 Å². The molecule has 0 saturated carbocycles. The van der Waals surface area contributed by atoms with Crippen molar-refractivity contribution in [1.29, 1.82) is 0 Å². The lowest BCUT2D eigenvalue weighted by Gasteiger charge is -2.23. The van der Waals surface area contributed by atoms with Gasteiger partial charge in [-0.3, -0.25) is 19.2 Å². The van der Waals surface area contributed by atoms with Gasteiger partial charge in [0.1, 0.15) is 18.1 Å². The van der Waals surface area contributed by atoms with Crippen molar-refractivity contribution in [1.82, 2.24) is 25.9 Å². The predicted octanol–water partition coefficient (Wildman–Crippen LogP) is -2.97. The highest BCUT2D eigenvalue weighted by molar-refractivity contribution is 7.80. The number of carboxylic acid groups (broad SMARTS) is 1. The van der Waals surface area contributed by atoms with Gasteiger partial charge in [-0.05, 0) is 13.3 Å². The third-order valence-electron chi connectivity index (χ3n) is 4.19. The molecule has 1 aromatic rings. The van der Waals surface area contributed by atoms with Crippen molar-refractivity contribution in [3.05, 3.63) is 18.2 Å². The SMILES string of the molecule is CC(NC(=O)C(CCC(N)=O)NC(=O)C(N)CS)C(=O)NC(Cc1cnc[nH]1)C(=O)O. The van der Waals surface area contributed by atoms with Crippen molar-refractivity contribution in [3.8, 4) is 0 Å². The smallest absolute Gasteiger partial charge is 0.326 e. The number of thiol groups is 1. The Balaban J connectivity index is 2.75. The van der Waals surface area contributed by atoms with Crippen molar-refractivity contribution >= 4 is 42.2 Å². The van der Waals surface area contributed by atoms with Gasteiger partial charge in [0.05, 0.1) is 12.4 Å². The van der Waals surface area contributed by atoms with Crippen LogP contribution in [0.1, 0.15) is 25.5 Å². The topological polar surface area (TPSA) is 222 Å². The van der Waals surface area contributed by atoms with E-state index in [1.165, 1.54) is 19.4 Å². The third-order valence-corrected chi connectivity index (χ3v) is 4.58. The van der Waals surface area contributed by atoms with E-state index < -0.39 is 53.8 Å². The molecule has 0 aromatic carbocycles.